The smallest absolute Gasteiger partial charge is 0.279 e. The van der Waals surface area contributed by atoms with Gasteiger partial charge in [0.2, 0.25) is 0 Å². The van der Waals surface area contributed by atoms with Crippen LogP contribution in [-0.2, 0) is 16.6 Å². The van der Waals surface area contributed by atoms with Crippen LogP contribution in [0.3, 0.4) is 0 Å². The standard InChI is InChI=1S/C23H24N2O4S/c1-18-4-14-23(15-5-18)30(26,27)25(17-20-8-12-22(29-3)13-9-20)24-16-19-6-10-21(28-2)11-7-19/h4-16H,17H2,1-3H3/b24-16+. The highest BCUT2D eigenvalue weighted by Crippen LogP contribution is 2.21. The zero-order chi connectivity index (χ0) is 21.6. The second kappa shape index (κ2) is 9.45. The number of aryl methyl sites for hydroxylation is 1. The minimum Gasteiger partial charge on any atom is -0.497 e. The van der Waals surface area contributed by atoms with E-state index < -0.39 is 10.0 Å². The third kappa shape index (κ3) is 5.18. The molecule has 0 fully saturated rings. The van der Waals surface area contributed by atoms with Gasteiger partial charge in [-0.3, -0.25) is 0 Å². The van der Waals surface area contributed by atoms with Crippen molar-refractivity contribution in [2.75, 3.05) is 14.2 Å². The van der Waals surface area contributed by atoms with Crippen LogP contribution in [-0.4, -0.2) is 33.3 Å². The van der Waals surface area contributed by atoms with E-state index in [-0.39, 0.29) is 11.4 Å². The molecule has 0 N–H and O–H groups in total. The van der Waals surface area contributed by atoms with Crippen LogP contribution in [0.2, 0.25) is 0 Å². The summed E-state index contributed by atoms with van der Waals surface area (Å²) in [5.41, 5.74) is 2.53. The first-order valence-corrected chi connectivity index (χ1v) is 10.8. The van der Waals surface area contributed by atoms with Crippen LogP contribution >= 0.6 is 0 Å². The molecule has 3 aromatic rings. The highest BCUT2D eigenvalue weighted by Gasteiger charge is 2.23. The molecule has 156 valence electrons. The minimum atomic E-state index is -3.84. The monoisotopic (exact) mass is 424 g/mol. The van der Waals surface area contributed by atoms with Crippen LogP contribution in [0.5, 0.6) is 11.5 Å². The van der Waals surface area contributed by atoms with Crippen LogP contribution in [0.25, 0.3) is 0 Å². The molecule has 0 amide bonds. The molecule has 0 atom stereocenters. The Morgan fingerprint density at radius 1 is 0.833 bits per heavy atom. The quantitative estimate of drug-likeness (QED) is 0.401. The topological polar surface area (TPSA) is 68.2 Å². The summed E-state index contributed by atoms with van der Waals surface area (Å²) >= 11 is 0. The lowest BCUT2D eigenvalue weighted by molar-refractivity contribution is 0.412. The van der Waals surface area contributed by atoms with Crippen LogP contribution < -0.4 is 9.47 Å². The molecule has 0 saturated carbocycles. The molecule has 30 heavy (non-hydrogen) atoms. The fourth-order valence-corrected chi connectivity index (χ4v) is 3.94. The van der Waals surface area contributed by atoms with Gasteiger partial charge in [-0.2, -0.15) is 17.9 Å². The van der Waals surface area contributed by atoms with Gasteiger partial charge < -0.3 is 9.47 Å². The van der Waals surface area contributed by atoms with E-state index in [9.17, 15) is 8.42 Å². The number of nitrogens with zero attached hydrogens (tertiary/aromatic N) is 2. The average molecular weight is 425 g/mol. The first-order valence-electron chi connectivity index (χ1n) is 9.33. The zero-order valence-electron chi connectivity index (χ0n) is 17.1. The Kier molecular flexibility index (Phi) is 6.74. The number of methoxy groups -OCH3 is 2. The summed E-state index contributed by atoms with van der Waals surface area (Å²) in [7, 11) is -0.658. The number of ether oxygens (including phenoxy) is 2. The van der Waals surface area contributed by atoms with E-state index in [0.717, 1.165) is 26.9 Å². The molecule has 6 nitrogen and oxygen atoms in total. The first-order chi connectivity index (χ1) is 14.4. The van der Waals surface area contributed by atoms with E-state index >= 15 is 0 Å². The molecule has 3 rings (SSSR count). The van der Waals surface area contributed by atoms with Gasteiger partial charge in [0.25, 0.3) is 10.0 Å². The lowest BCUT2D eigenvalue weighted by Gasteiger charge is -2.19. The lowest BCUT2D eigenvalue weighted by atomic mass is 10.2. The van der Waals surface area contributed by atoms with Crippen molar-refractivity contribution in [3.05, 3.63) is 89.5 Å². The zero-order valence-corrected chi connectivity index (χ0v) is 18.0. The number of sulfonamides is 1. The van der Waals surface area contributed by atoms with Crippen LogP contribution in [0.1, 0.15) is 16.7 Å². The number of rotatable bonds is 8. The Labute approximate surface area is 177 Å². The van der Waals surface area contributed by atoms with Crippen molar-refractivity contribution in [3.8, 4) is 11.5 Å². The maximum Gasteiger partial charge on any atom is 0.279 e. The molecule has 0 aliphatic carbocycles. The van der Waals surface area contributed by atoms with E-state index in [2.05, 4.69) is 5.10 Å². The van der Waals surface area contributed by atoms with Crippen molar-refractivity contribution < 1.29 is 17.9 Å². The molecule has 3 aromatic carbocycles. The maximum absolute atomic E-state index is 13.3. The molecule has 0 saturated heterocycles. The molecule has 0 aliphatic heterocycles. The van der Waals surface area contributed by atoms with Gasteiger partial charge in [0.15, 0.2) is 0 Å². The summed E-state index contributed by atoms with van der Waals surface area (Å²) in [6, 6.07) is 21.2. The van der Waals surface area contributed by atoms with Gasteiger partial charge in [-0.05, 0) is 66.6 Å². The van der Waals surface area contributed by atoms with E-state index in [1.54, 1.807) is 62.8 Å². The average Bonchev–Trinajstić information content (AvgIpc) is 2.77. The van der Waals surface area contributed by atoms with Crippen molar-refractivity contribution >= 4 is 16.2 Å². The van der Waals surface area contributed by atoms with Crippen molar-refractivity contribution in [3.63, 3.8) is 0 Å². The van der Waals surface area contributed by atoms with Crippen molar-refractivity contribution in [1.82, 2.24) is 4.41 Å². The molecule has 0 aliphatic rings. The Hall–Kier alpha value is -3.32. The number of hydrogen-bond donors (Lipinski definition) is 0. The molecule has 0 unspecified atom stereocenters. The predicted octanol–water partition coefficient (Wildman–Crippen LogP) is 4.24. The van der Waals surface area contributed by atoms with Crippen molar-refractivity contribution in [2.24, 2.45) is 5.10 Å². The van der Waals surface area contributed by atoms with Crippen LogP contribution in [0.15, 0.2) is 82.8 Å². The number of benzene rings is 3. The van der Waals surface area contributed by atoms with Gasteiger partial charge in [0.1, 0.15) is 11.5 Å². The summed E-state index contributed by atoms with van der Waals surface area (Å²) in [5, 5.41) is 4.31. The van der Waals surface area contributed by atoms with Crippen molar-refractivity contribution in [2.45, 2.75) is 18.4 Å². The summed E-state index contributed by atoms with van der Waals surface area (Å²) in [6.45, 7) is 2.00. The van der Waals surface area contributed by atoms with Gasteiger partial charge in [-0.15, -0.1) is 0 Å². The fraction of sp³-hybridized carbons (Fsp3) is 0.174. The van der Waals surface area contributed by atoms with Gasteiger partial charge in [0, 0.05) is 0 Å². The summed E-state index contributed by atoms with van der Waals surface area (Å²) in [6.07, 6.45) is 1.52. The Bertz CT molecular complexity index is 1090. The summed E-state index contributed by atoms with van der Waals surface area (Å²) in [5.74, 6) is 1.42. The highest BCUT2D eigenvalue weighted by atomic mass is 32.2. The van der Waals surface area contributed by atoms with Gasteiger partial charge in [0.05, 0.1) is 31.9 Å². The molecule has 0 spiro atoms. The van der Waals surface area contributed by atoms with Gasteiger partial charge in [-0.25, -0.2) is 0 Å². The second-order valence-corrected chi connectivity index (χ2v) is 8.51. The van der Waals surface area contributed by atoms with Gasteiger partial charge >= 0.3 is 0 Å². The van der Waals surface area contributed by atoms with Crippen LogP contribution in [0, 0.1) is 6.92 Å². The molecule has 0 aromatic heterocycles. The maximum atomic E-state index is 13.3. The third-order valence-electron chi connectivity index (χ3n) is 4.52. The highest BCUT2D eigenvalue weighted by molar-refractivity contribution is 7.89. The Morgan fingerprint density at radius 2 is 1.37 bits per heavy atom. The summed E-state index contributed by atoms with van der Waals surface area (Å²) < 4.78 is 37.9. The first kappa shape index (κ1) is 21.4. The molecule has 0 radical (unpaired) electrons. The number of hydrazone groups is 1. The minimum absolute atomic E-state index is 0.0901. The number of hydrogen-bond acceptors (Lipinski definition) is 5. The van der Waals surface area contributed by atoms with E-state index in [4.69, 9.17) is 9.47 Å². The van der Waals surface area contributed by atoms with E-state index in [1.165, 1.54) is 6.21 Å². The lowest BCUT2D eigenvalue weighted by Crippen LogP contribution is -2.26. The predicted molar refractivity (Wildman–Crippen MR) is 117 cm³/mol. The van der Waals surface area contributed by atoms with Crippen molar-refractivity contribution in [1.29, 1.82) is 0 Å². The third-order valence-corrected chi connectivity index (χ3v) is 6.17. The Morgan fingerprint density at radius 3 is 1.90 bits per heavy atom. The largest absolute Gasteiger partial charge is 0.497 e. The SMILES string of the molecule is COc1ccc(/C=N/N(Cc2ccc(OC)cc2)S(=O)(=O)c2ccc(C)cc2)cc1. The summed E-state index contributed by atoms with van der Waals surface area (Å²) in [4.78, 5) is 0.188. The normalized spacial score (nSPS) is 11.4. The van der Waals surface area contributed by atoms with E-state index in [0.29, 0.717) is 5.75 Å². The molecule has 0 heterocycles. The Balaban J connectivity index is 1.93. The van der Waals surface area contributed by atoms with E-state index in [1.807, 2.05) is 31.2 Å². The molecule has 0 bridgehead atoms. The molecule has 7 heteroatoms. The second-order valence-electron chi connectivity index (χ2n) is 6.66. The van der Waals surface area contributed by atoms with Gasteiger partial charge in [-0.1, -0.05) is 29.8 Å². The van der Waals surface area contributed by atoms with Crippen LogP contribution in [0.4, 0.5) is 0 Å². The fourth-order valence-electron chi connectivity index (χ4n) is 2.73. The molecular formula is C23H24N2O4S. The molecular weight excluding hydrogens is 400 g/mol.